The number of carbonyl (C=O) groups excluding carboxylic acids is 2. The quantitative estimate of drug-likeness (QED) is 0.676. The second-order valence-corrected chi connectivity index (χ2v) is 6.74. The van der Waals surface area contributed by atoms with Crippen LogP contribution in [0.5, 0.6) is 17.2 Å². The van der Waals surface area contributed by atoms with Gasteiger partial charge in [-0.3, -0.25) is 9.59 Å². The average Bonchev–Trinajstić information content (AvgIpc) is 3.10. The average molecular weight is 385 g/mol. The third kappa shape index (κ3) is 4.80. The summed E-state index contributed by atoms with van der Waals surface area (Å²) in [6.07, 6.45) is 0. The highest BCUT2D eigenvalue weighted by atomic mass is 16.7. The molecule has 1 unspecified atom stereocenters. The molecule has 2 aromatic carbocycles. The maximum absolute atomic E-state index is 12.5. The van der Waals surface area contributed by atoms with Crippen LogP contribution in [0.2, 0.25) is 0 Å². The number of likely N-dealkylation sites (N-methyl/N-ethyl adjacent to an activating group) is 1. The van der Waals surface area contributed by atoms with E-state index in [0.29, 0.717) is 35.9 Å². The van der Waals surface area contributed by atoms with Crippen LogP contribution in [0.4, 0.5) is 5.69 Å². The molecule has 1 atom stereocenters. The summed E-state index contributed by atoms with van der Waals surface area (Å²) in [6.45, 7) is 5.10. The van der Waals surface area contributed by atoms with Crippen molar-refractivity contribution in [1.29, 1.82) is 0 Å². The van der Waals surface area contributed by atoms with E-state index in [-0.39, 0.29) is 25.0 Å². The Morgan fingerprint density at radius 2 is 1.82 bits per heavy atom. The van der Waals surface area contributed by atoms with Gasteiger partial charge in [-0.2, -0.15) is 0 Å². The molecule has 28 heavy (non-hydrogen) atoms. The molecule has 0 aliphatic carbocycles. The van der Waals surface area contributed by atoms with Crippen molar-refractivity contribution in [2.24, 2.45) is 0 Å². The van der Waals surface area contributed by atoms with Gasteiger partial charge in [0.15, 0.2) is 23.8 Å². The fourth-order valence-electron chi connectivity index (χ4n) is 3.09. The molecule has 0 aromatic heterocycles. The highest BCUT2D eigenvalue weighted by Crippen LogP contribution is 2.37. The SMILES string of the molecule is CCOc1ccc(C[NH+](C)CC(=O)Nc2cc3c(cc2C(C)=O)OCO3)cc1. The van der Waals surface area contributed by atoms with Gasteiger partial charge in [0.2, 0.25) is 6.79 Å². The Labute approximate surface area is 164 Å². The van der Waals surface area contributed by atoms with Gasteiger partial charge in [0.1, 0.15) is 12.3 Å². The zero-order valence-electron chi connectivity index (χ0n) is 16.3. The van der Waals surface area contributed by atoms with Crippen molar-refractivity contribution in [3.63, 3.8) is 0 Å². The van der Waals surface area contributed by atoms with E-state index in [2.05, 4.69) is 5.32 Å². The lowest BCUT2D eigenvalue weighted by molar-refractivity contribution is -0.885. The minimum atomic E-state index is -0.176. The maximum atomic E-state index is 12.5. The molecule has 0 radical (unpaired) electrons. The number of fused-ring (bicyclic) bond motifs is 1. The first kappa shape index (κ1) is 19.7. The summed E-state index contributed by atoms with van der Waals surface area (Å²) in [6, 6.07) is 11.1. The van der Waals surface area contributed by atoms with Crippen LogP contribution in [-0.4, -0.2) is 38.7 Å². The van der Waals surface area contributed by atoms with Crippen molar-refractivity contribution in [3.8, 4) is 17.2 Å². The maximum Gasteiger partial charge on any atom is 0.279 e. The van der Waals surface area contributed by atoms with E-state index in [0.717, 1.165) is 16.2 Å². The molecule has 0 saturated heterocycles. The van der Waals surface area contributed by atoms with Crippen LogP contribution in [0.25, 0.3) is 0 Å². The number of hydrogen-bond donors (Lipinski definition) is 2. The molecule has 0 saturated carbocycles. The van der Waals surface area contributed by atoms with Gasteiger partial charge in [-0.15, -0.1) is 0 Å². The fraction of sp³-hybridized carbons (Fsp3) is 0.333. The van der Waals surface area contributed by atoms with E-state index in [9.17, 15) is 9.59 Å². The van der Waals surface area contributed by atoms with Crippen molar-refractivity contribution in [1.82, 2.24) is 0 Å². The van der Waals surface area contributed by atoms with Crippen molar-refractivity contribution < 1.29 is 28.7 Å². The summed E-state index contributed by atoms with van der Waals surface area (Å²) in [5, 5.41) is 2.83. The second-order valence-electron chi connectivity index (χ2n) is 6.74. The van der Waals surface area contributed by atoms with Crippen molar-refractivity contribution in [2.45, 2.75) is 20.4 Å². The minimum Gasteiger partial charge on any atom is -0.494 e. The largest absolute Gasteiger partial charge is 0.494 e. The van der Waals surface area contributed by atoms with Crippen LogP contribution < -0.4 is 24.4 Å². The highest BCUT2D eigenvalue weighted by molar-refractivity contribution is 6.04. The number of benzene rings is 2. The van der Waals surface area contributed by atoms with Gasteiger partial charge in [0.05, 0.1) is 19.3 Å². The van der Waals surface area contributed by atoms with Crippen molar-refractivity contribution in [3.05, 3.63) is 47.5 Å². The van der Waals surface area contributed by atoms with E-state index < -0.39 is 0 Å². The Morgan fingerprint density at radius 3 is 2.46 bits per heavy atom. The first-order valence-electron chi connectivity index (χ1n) is 9.23. The first-order valence-corrected chi connectivity index (χ1v) is 9.23. The number of Topliss-reactive ketones (excluding diaryl/α,β-unsaturated/α-hetero) is 1. The predicted octanol–water partition coefficient (Wildman–Crippen LogP) is 1.67. The van der Waals surface area contributed by atoms with Crippen LogP contribution in [0.1, 0.15) is 29.8 Å². The summed E-state index contributed by atoms with van der Waals surface area (Å²) >= 11 is 0. The van der Waals surface area contributed by atoms with Gasteiger partial charge in [-0.05, 0) is 44.2 Å². The van der Waals surface area contributed by atoms with Gasteiger partial charge in [0.25, 0.3) is 5.91 Å². The van der Waals surface area contributed by atoms with Gasteiger partial charge in [0, 0.05) is 17.2 Å². The van der Waals surface area contributed by atoms with Crippen LogP contribution in [0.3, 0.4) is 0 Å². The molecule has 2 N–H and O–H groups in total. The molecular formula is C21H25N2O5+. The summed E-state index contributed by atoms with van der Waals surface area (Å²) in [4.78, 5) is 25.4. The van der Waals surface area contributed by atoms with Gasteiger partial charge >= 0.3 is 0 Å². The number of quaternary nitrogens is 1. The molecule has 2 aromatic rings. The zero-order valence-corrected chi connectivity index (χ0v) is 16.3. The van der Waals surface area contributed by atoms with Gasteiger partial charge < -0.3 is 24.4 Å². The Bertz CT molecular complexity index is 864. The molecule has 0 fully saturated rings. The highest BCUT2D eigenvalue weighted by Gasteiger charge is 2.21. The molecule has 0 bridgehead atoms. The molecule has 1 aliphatic rings. The van der Waals surface area contributed by atoms with E-state index in [1.807, 2.05) is 38.2 Å². The normalized spacial score (nSPS) is 13.1. The Kier molecular flexibility index (Phi) is 6.16. The molecule has 1 aliphatic heterocycles. The van der Waals surface area contributed by atoms with Crippen LogP contribution in [0, 0.1) is 0 Å². The van der Waals surface area contributed by atoms with Crippen LogP contribution >= 0.6 is 0 Å². The number of nitrogens with one attached hydrogen (secondary N) is 2. The van der Waals surface area contributed by atoms with E-state index >= 15 is 0 Å². The third-order valence-corrected chi connectivity index (χ3v) is 4.37. The summed E-state index contributed by atoms with van der Waals surface area (Å²) in [7, 11) is 1.95. The lowest BCUT2D eigenvalue weighted by Crippen LogP contribution is -3.08. The zero-order chi connectivity index (χ0) is 20.1. The van der Waals surface area contributed by atoms with E-state index in [4.69, 9.17) is 14.2 Å². The number of carbonyl (C=O) groups is 2. The Morgan fingerprint density at radius 1 is 1.14 bits per heavy atom. The van der Waals surface area contributed by atoms with E-state index in [1.165, 1.54) is 6.92 Å². The Balaban J connectivity index is 1.61. The molecule has 7 nitrogen and oxygen atoms in total. The molecule has 148 valence electrons. The van der Waals surface area contributed by atoms with Crippen molar-refractivity contribution in [2.75, 3.05) is 32.3 Å². The van der Waals surface area contributed by atoms with Gasteiger partial charge in [-0.25, -0.2) is 0 Å². The number of ether oxygens (including phenoxy) is 3. The van der Waals surface area contributed by atoms with Crippen LogP contribution in [-0.2, 0) is 11.3 Å². The lowest BCUT2D eigenvalue weighted by Gasteiger charge is -2.15. The number of amides is 1. The van der Waals surface area contributed by atoms with Crippen LogP contribution in [0.15, 0.2) is 36.4 Å². The second kappa shape index (κ2) is 8.75. The smallest absolute Gasteiger partial charge is 0.279 e. The molecular weight excluding hydrogens is 360 g/mol. The third-order valence-electron chi connectivity index (χ3n) is 4.37. The van der Waals surface area contributed by atoms with Crippen molar-refractivity contribution >= 4 is 17.4 Å². The summed E-state index contributed by atoms with van der Waals surface area (Å²) in [5.41, 5.74) is 1.96. The summed E-state index contributed by atoms with van der Waals surface area (Å²) in [5.74, 6) is 1.55. The molecule has 0 spiro atoms. The lowest BCUT2D eigenvalue weighted by atomic mass is 10.1. The first-order chi connectivity index (χ1) is 13.5. The minimum absolute atomic E-state index is 0.110. The number of hydrogen-bond acceptors (Lipinski definition) is 5. The molecule has 1 heterocycles. The standard InChI is InChI=1S/C21H24N2O5/c1-4-26-16-7-5-15(6-8-16)11-23(3)12-21(25)22-18-10-20-19(27-13-28-20)9-17(18)14(2)24/h5-10H,4,11-13H2,1-3H3,(H,22,25)/p+1. The summed E-state index contributed by atoms with van der Waals surface area (Å²) < 4.78 is 16.1. The topological polar surface area (TPSA) is 78.3 Å². The van der Waals surface area contributed by atoms with E-state index in [1.54, 1.807) is 12.1 Å². The predicted molar refractivity (Wildman–Crippen MR) is 104 cm³/mol. The fourth-order valence-corrected chi connectivity index (χ4v) is 3.09. The molecule has 3 rings (SSSR count). The molecule has 7 heteroatoms. The number of ketones is 1. The number of rotatable bonds is 8. The number of anilines is 1. The molecule has 1 amide bonds. The Hall–Kier alpha value is -3.06. The van der Waals surface area contributed by atoms with Gasteiger partial charge in [-0.1, -0.05) is 0 Å². The monoisotopic (exact) mass is 385 g/mol.